The first-order valence-corrected chi connectivity index (χ1v) is 6.88. The number of carbonyl (C=O) groups excluding carboxylic acids is 1. The van der Waals surface area contributed by atoms with E-state index in [-0.39, 0.29) is 11.9 Å². The predicted molar refractivity (Wildman–Crippen MR) is 74.5 cm³/mol. The van der Waals surface area contributed by atoms with Crippen LogP contribution in [-0.4, -0.2) is 53.4 Å². The van der Waals surface area contributed by atoms with Gasteiger partial charge in [-0.15, -0.1) is 0 Å². The Kier molecular flexibility index (Phi) is 4.87. The van der Waals surface area contributed by atoms with Gasteiger partial charge in [-0.1, -0.05) is 13.0 Å². The first-order chi connectivity index (χ1) is 9.22. The monoisotopic (exact) mass is 262 g/mol. The molecule has 5 nitrogen and oxygen atoms in total. The van der Waals surface area contributed by atoms with Gasteiger partial charge >= 0.3 is 0 Å². The van der Waals surface area contributed by atoms with Gasteiger partial charge in [-0.25, -0.2) is 0 Å². The second-order valence-electron chi connectivity index (χ2n) is 4.97. The zero-order valence-electron chi connectivity index (χ0n) is 11.5. The van der Waals surface area contributed by atoms with Gasteiger partial charge in [0.15, 0.2) is 0 Å². The van der Waals surface area contributed by atoms with Crippen molar-refractivity contribution >= 4 is 5.91 Å². The van der Waals surface area contributed by atoms with Crippen LogP contribution in [0.25, 0.3) is 0 Å². The lowest BCUT2D eigenvalue weighted by Gasteiger charge is -2.38. The molecule has 104 valence electrons. The number of amides is 1. The number of piperazine rings is 1. The fourth-order valence-corrected chi connectivity index (χ4v) is 2.65. The van der Waals surface area contributed by atoms with E-state index in [1.807, 2.05) is 12.1 Å². The standard InChI is InChI=1S/C14H22N4O/c1-2-6-17-7-9-18(10-8-17)13(14(15)19)12-4-3-5-16-11-12/h3-5,11,13H,2,6-10H2,1H3,(H2,15,19). The van der Waals surface area contributed by atoms with Crippen molar-refractivity contribution in [3.05, 3.63) is 30.1 Å². The van der Waals surface area contributed by atoms with Crippen molar-refractivity contribution < 1.29 is 4.79 Å². The van der Waals surface area contributed by atoms with Crippen LogP contribution < -0.4 is 5.73 Å². The van der Waals surface area contributed by atoms with Crippen LogP contribution in [0.5, 0.6) is 0 Å². The summed E-state index contributed by atoms with van der Waals surface area (Å²) < 4.78 is 0. The Balaban J connectivity index is 2.04. The minimum Gasteiger partial charge on any atom is -0.368 e. The average Bonchev–Trinajstić information content (AvgIpc) is 2.42. The number of nitrogens with two attached hydrogens (primary N) is 1. The van der Waals surface area contributed by atoms with Gasteiger partial charge in [-0.3, -0.25) is 14.7 Å². The van der Waals surface area contributed by atoms with Crippen molar-refractivity contribution in [2.75, 3.05) is 32.7 Å². The summed E-state index contributed by atoms with van der Waals surface area (Å²) in [7, 11) is 0. The maximum Gasteiger partial charge on any atom is 0.239 e. The third kappa shape index (κ3) is 3.52. The van der Waals surface area contributed by atoms with Crippen LogP contribution in [-0.2, 0) is 4.79 Å². The van der Waals surface area contributed by atoms with Crippen molar-refractivity contribution in [3.8, 4) is 0 Å². The third-order valence-corrected chi connectivity index (χ3v) is 3.58. The topological polar surface area (TPSA) is 62.5 Å². The fraction of sp³-hybridized carbons (Fsp3) is 0.571. The van der Waals surface area contributed by atoms with E-state index in [9.17, 15) is 4.79 Å². The quantitative estimate of drug-likeness (QED) is 0.845. The molecule has 19 heavy (non-hydrogen) atoms. The molecule has 0 radical (unpaired) electrons. The number of nitrogens with zero attached hydrogens (tertiary/aromatic N) is 3. The Morgan fingerprint density at radius 3 is 2.68 bits per heavy atom. The Morgan fingerprint density at radius 2 is 2.16 bits per heavy atom. The van der Waals surface area contributed by atoms with Crippen LogP contribution in [0, 0.1) is 0 Å². The summed E-state index contributed by atoms with van der Waals surface area (Å²) in [6.45, 7) is 7.07. The Bertz CT molecular complexity index is 401. The summed E-state index contributed by atoms with van der Waals surface area (Å²) in [6.07, 6.45) is 4.61. The second kappa shape index (κ2) is 6.63. The van der Waals surface area contributed by atoms with Crippen LogP contribution >= 0.6 is 0 Å². The second-order valence-corrected chi connectivity index (χ2v) is 4.97. The van der Waals surface area contributed by atoms with E-state index in [1.54, 1.807) is 12.4 Å². The predicted octanol–water partition coefficient (Wildman–Crippen LogP) is 0.636. The number of hydrogen-bond acceptors (Lipinski definition) is 4. The van der Waals surface area contributed by atoms with Gasteiger partial charge in [-0.05, 0) is 24.6 Å². The Morgan fingerprint density at radius 1 is 1.42 bits per heavy atom. The molecule has 2 heterocycles. The molecule has 1 fully saturated rings. The van der Waals surface area contributed by atoms with Gasteiger partial charge < -0.3 is 10.6 Å². The average molecular weight is 262 g/mol. The van der Waals surface area contributed by atoms with Crippen LogP contribution in [0.2, 0.25) is 0 Å². The summed E-state index contributed by atoms with van der Waals surface area (Å²) in [5.41, 5.74) is 6.46. The SMILES string of the molecule is CCCN1CCN(C(C(N)=O)c2cccnc2)CC1. The molecule has 2 N–H and O–H groups in total. The molecular formula is C14H22N4O. The normalized spacial score (nSPS) is 19.2. The molecular weight excluding hydrogens is 240 g/mol. The molecule has 1 aliphatic rings. The summed E-state index contributed by atoms with van der Waals surface area (Å²) in [6, 6.07) is 3.41. The van der Waals surface area contributed by atoms with Crippen molar-refractivity contribution in [2.24, 2.45) is 5.73 Å². The molecule has 0 aromatic carbocycles. The smallest absolute Gasteiger partial charge is 0.239 e. The summed E-state index contributed by atoms with van der Waals surface area (Å²) in [5, 5.41) is 0. The summed E-state index contributed by atoms with van der Waals surface area (Å²) >= 11 is 0. The molecule has 1 aliphatic heterocycles. The van der Waals surface area contributed by atoms with Crippen LogP contribution in [0.15, 0.2) is 24.5 Å². The zero-order chi connectivity index (χ0) is 13.7. The zero-order valence-corrected chi connectivity index (χ0v) is 11.5. The number of primary amides is 1. The van der Waals surface area contributed by atoms with E-state index in [4.69, 9.17) is 5.73 Å². The fourth-order valence-electron chi connectivity index (χ4n) is 2.65. The Labute approximate surface area is 114 Å². The molecule has 2 rings (SSSR count). The molecule has 1 amide bonds. The van der Waals surface area contributed by atoms with Crippen molar-refractivity contribution in [3.63, 3.8) is 0 Å². The molecule has 1 atom stereocenters. The van der Waals surface area contributed by atoms with Crippen molar-refractivity contribution in [1.29, 1.82) is 0 Å². The number of rotatable bonds is 5. The van der Waals surface area contributed by atoms with Crippen LogP contribution in [0.3, 0.4) is 0 Å². The van der Waals surface area contributed by atoms with E-state index in [0.717, 1.165) is 38.3 Å². The highest BCUT2D eigenvalue weighted by Crippen LogP contribution is 2.21. The maximum absolute atomic E-state index is 11.7. The molecule has 0 spiro atoms. The molecule has 1 unspecified atom stereocenters. The van der Waals surface area contributed by atoms with E-state index in [2.05, 4.69) is 21.7 Å². The van der Waals surface area contributed by atoms with Crippen LogP contribution in [0.4, 0.5) is 0 Å². The minimum absolute atomic E-state index is 0.294. The first kappa shape index (κ1) is 14.0. The largest absolute Gasteiger partial charge is 0.368 e. The molecule has 0 bridgehead atoms. The first-order valence-electron chi connectivity index (χ1n) is 6.88. The lowest BCUT2D eigenvalue weighted by Crippen LogP contribution is -2.50. The van der Waals surface area contributed by atoms with Crippen molar-refractivity contribution in [1.82, 2.24) is 14.8 Å². The highest BCUT2D eigenvalue weighted by molar-refractivity contribution is 5.81. The van der Waals surface area contributed by atoms with Gasteiger partial charge in [0.2, 0.25) is 5.91 Å². The van der Waals surface area contributed by atoms with Gasteiger partial charge in [0, 0.05) is 38.6 Å². The van der Waals surface area contributed by atoms with E-state index in [1.165, 1.54) is 6.42 Å². The molecule has 0 saturated carbocycles. The number of carbonyl (C=O) groups is 1. The highest BCUT2D eigenvalue weighted by Gasteiger charge is 2.28. The van der Waals surface area contributed by atoms with Gasteiger partial charge in [0.1, 0.15) is 6.04 Å². The number of hydrogen-bond donors (Lipinski definition) is 1. The van der Waals surface area contributed by atoms with Gasteiger partial charge in [0.05, 0.1) is 0 Å². The van der Waals surface area contributed by atoms with Crippen LogP contribution in [0.1, 0.15) is 24.9 Å². The minimum atomic E-state index is -0.350. The maximum atomic E-state index is 11.7. The third-order valence-electron chi connectivity index (χ3n) is 3.58. The summed E-state index contributed by atoms with van der Waals surface area (Å²) in [4.78, 5) is 20.4. The molecule has 0 aliphatic carbocycles. The number of aromatic nitrogens is 1. The molecule has 5 heteroatoms. The Hall–Kier alpha value is -1.46. The van der Waals surface area contributed by atoms with Gasteiger partial charge in [-0.2, -0.15) is 0 Å². The lowest BCUT2D eigenvalue weighted by atomic mass is 10.1. The lowest BCUT2D eigenvalue weighted by molar-refractivity contribution is -0.124. The summed E-state index contributed by atoms with van der Waals surface area (Å²) in [5.74, 6) is -0.294. The van der Waals surface area contributed by atoms with E-state index in [0.29, 0.717) is 0 Å². The molecule has 1 saturated heterocycles. The van der Waals surface area contributed by atoms with Crippen molar-refractivity contribution in [2.45, 2.75) is 19.4 Å². The molecule has 1 aromatic rings. The molecule has 1 aromatic heterocycles. The highest BCUT2D eigenvalue weighted by atomic mass is 16.1. The van der Waals surface area contributed by atoms with E-state index < -0.39 is 0 Å². The van der Waals surface area contributed by atoms with E-state index >= 15 is 0 Å². The number of pyridine rings is 1. The van der Waals surface area contributed by atoms with Gasteiger partial charge in [0.25, 0.3) is 0 Å².